The molecule has 3 nitrogen and oxygen atoms in total. The second kappa shape index (κ2) is 7.39. The first-order valence-corrected chi connectivity index (χ1v) is 8.38. The maximum atomic E-state index is 11.9. The van der Waals surface area contributed by atoms with Crippen molar-refractivity contribution in [2.24, 2.45) is 0 Å². The molecule has 0 aromatic heterocycles. The summed E-state index contributed by atoms with van der Waals surface area (Å²) >= 11 is 1.97. The van der Waals surface area contributed by atoms with Crippen LogP contribution in [0.4, 0.5) is 0 Å². The van der Waals surface area contributed by atoms with Crippen LogP contribution in [0.3, 0.4) is 0 Å². The van der Waals surface area contributed by atoms with Crippen LogP contribution >= 0.6 is 11.8 Å². The molecular weight excluding hydrogens is 246 g/mol. The standard InChI is InChI=1S/C14H25NO2S/c1-2-17-14(16)13(15-11-8-9-11)10-18-12-6-4-3-5-7-12/h11-13,15H,2-10H2,1H3. The Hall–Kier alpha value is -0.220. The van der Waals surface area contributed by atoms with E-state index in [1.807, 2.05) is 18.7 Å². The van der Waals surface area contributed by atoms with Crippen LogP contribution in [0.25, 0.3) is 0 Å². The van der Waals surface area contributed by atoms with Crippen LogP contribution in [0.1, 0.15) is 51.9 Å². The summed E-state index contributed by atoms with van der Waals surface area (Å²) in [5, 5.41) is 4.18. The SMILES string of the molecule is CCOC(=O)C(CSC1CCCCC1)NC1CC1. The van der Waals surface area contributed by atoms with E-state index in [0.717, 1.165) is 11.0 Å². The number of nitrogens with one attached hydrogen (secondary N) is 1. The second-order valence-electron chi connectivity index (χ2n) is 5.34. The number of rotatable bonds is 7. The molecule has 2 fully saturated rings. The van der Waals surface area contributed by atoms with Crippen LogP contribution in [0.15, 0.2) is 0 Å². The zero-order valence-corrected chi connectivity index (χ0v) is 12.1. The predicted octanol–water partition coefficient (Wildman–Crippen LogP) is 2.74. The minimum atomic E-state index is -0.0932. The van der Waals surface area contributed by atoms with Gasteiger partial charge in [0.2, 0.25) is 0 Å². The summed E-state index contributed by atoms with van der Waals surface area (Å²) in [7, 11) is 0. The van der Waals surface area contributed by atoms with Gasteiger partial charge in [0.15, 0.2) is 0 Å². The molecule has 0 aliphatic heterocycles. The molecule has 0 amide bonds. The largest absolute Gasteiger partial charge is 0.465 e. The lowest BCUT2D eigenvalue weighted by Gasteiger charge is -2.23. The monoisotopic (exact) mass is 271 g/mol. The van der Waals surface area contributed by atoms with Crippen LogP contribution in [-0.2, 0) is 9.53 Å². The fraction of sp³-hybridized carbons (Fsp3) is 0.929. The minimum absolute atomic E-state index is 0.0623. The number of hydrogen-bond acceptors (Lipinski definition) is 4. The van der Waals surface area contributed by atoms with E-state index < -0.39 is 0 Å². The summed E-state index contributed by atoms with van der Waals surface area (Å²) in [5.41, 5.74) is 0. The Balaban J connectivity index is 1.74. The highest BCUT2D eigenvalue weighted by Crippen LogP contribution is 2.29. The molecule has 18 heavy (non-hydrogen) atoms. The van der Waals surface area contributed by atoms with Gasteiger partial charge in [0.1, 0.15) is 6.04 Å². The van der Waals surface area contributed by atoms with Gasteiger partial charge in [0.05, 0.1) is 6.61 Å². The molecule has 1 N–H and O–H groups in total. The summed E-state index contributed by atoms with van der Waals surface area (Å²) < 4.78 is 5.16. The summed E-state index contributed by atoms with van der Waals surface area (Å²) in [4.78, 5) is 11.9. The van der Waals surface area contributed by atoms with E-state index in [1.54, 1.807) is 0 Å². The van der Waals surface area contributed by atoms with Crippen molar-refractivity contribution >= 4 is 17.7 Å². The van der Waals surface area contributed by atoms with Gasteiger partial charge in [0, 0.05) is 17.0 Å². The molecule has 0 aromatic carbocycles. The summed E-state index contributed by atoms with van der Waals surface area (Å²) in [6, 6.07) is 0.468. The number of carbonyl (C=O) groups is 1. The Morgan fingerprint density at radius 2 is 2.00 bits per heavy atom. The molecule has 1 unspecified atom stereocenters. The van der Waals surface area contributed by atoms with Gasteiger partial charge in [-0.2, -0.15) is 11.8 Å². The number of thioether (sulfide) groups is 1. The lowest BCUT2D eigenvalue weighted by molar-refractivity contribution is -0.145. The number of carbonyl (C=O) groups excluding carboxylic acids is 1. The van der Waals surface area contributed by atoms with Crippen molar-refractivity contribution in [3.8, 4) is 0 Å². The van der Waals surface area contributed by atoms with E-state index >= 15 is 0 Å². The first-order chi connectivity index (χ1) is 8.79. The van der Waals surface area contributed by atoms with Crippen molar-refractivity contribution < 1.29 is 9.53 Å². The van der Waals surface area contributed by atoms with E-state index in [-0.39, 0.29) is 12.0 Å². The quantitative estimate of drug-likeness (QED) is 0.723. The highest BCUT2D eigenvalue weighted by molar-refractivity contribution is 7.99. The van der Waals surface area contributed by atoms with Gasteiger partial charge in [-0.15, -0.1) is 0 Å². The number of ether oxygens (including phenoxy) is 1. The van der Waals surface area contributed by atoms with Crippen LogP contribution in [-0.4, -0.2) is 35.7 Å². The maximum Gasteiger partial charge on any atom is 0.323 e. The van der Waals surface area contributed by atoms with Crippen LogP contribution < -0.4 is 5.32 Å². The van der Waals surface area contributed by atoms with Gasteiger partial charge >= 0.3 is 5.97 Å². The maximum absolute atomic E-state index is 11.9. The van der Waals surface area contributed by atoms with Crippen molar-refractivity contribution in [1.29, 1.82) is 0 Å². The third kappa shape index (κ3) is 4.81. The molecule has 2 aliphatic rings. The molecule has 0 aromatic rings. The van der Waals surface area contributed by atoms with Crippen LogP contribution in [0.5, 0.6) is 0 Å². The Labute approximate surface area is 114 Å². The molecule has 4 heteroatoms. The van der Waals surface area contributed by atoms with E-state index in [1.165, 1.54) is 44.9 Å². The van der Waals surface area contributed by atoms with Crippen LogP contribution in [0.2, 0.25) is 0 Å². The predicted molar refractivity (Wildman–Crippen MR) is 75.9 cm³/mol. The van der Waals surface area contributed by atoms with Crippen molar-refractivity contribution in [2.45, 2.75) is 69.2 Å². The lowest BCUT2D eigenvalue weighted by atomic mass is 10.0. The molecule has 2 rings (SSSR count). The Morgan fingerprint density at radius 3 is 2.61 bits per heavy atom. The van der Waals surface area contributed by atoms with E-state index in [4.69, 9.17) is 4.74 Å². The average molecular weight is 271 g/mol. The van der Waals surface area contributed by atoms with Gasteiger partial charge in [-0.25, -0.2) is 0 Å². The summed E-state index contributed by atoms with van der Waals surface area (Å²) in [6.07, 6.45) is 9.18. The third-order valence-corrected chi connectivity index (χ3v) is 5.10. The third-order valence-electron chi connectivity index (χ3n) is 3.64. The fourth-order valence-electron chi connectivity index (χ4n) is 2.43. The number of esters is 1. The van der Waals surface area contributed by atoms with Crippen molar-refractivity contribution in [1.82, 2.24) is 5.32 Å². The molecule has 0 spiro atoms. The molecular formula is C14H25NO2S. The van der Waals surface area contributed by atoms with Gasteiger partial charge in [-0.1, -0.05) is 19.3 Å². The van der Waals surface area contributed by atoms with Gasteiger partial charge in [-0.05, 0) is 32.6 Å². The Bertz CT molecular complexity index is 263. The fourth-order valence-corrected chi connectivity index (χ4v) is 3.79. The lowest BCUT2D eigenvalue weighted by Crippen LogP contribution is -2.41. The van der Waals surface area contributed by atoms with Crippen LogP contribution in [0, 0.1) is 0 Å². The van der Waals surface area contributed by atoms with Crippen molar-refractivity contribution in [3.63, 3.8) is 0 Å². The molecule has 0 radical (unpaired) electrons. The molecule has 104 valence electrons. The first-order valence-electron chi connectivity index (χ1n) is 7.34. The zero-order chi connectivity index (χ0) is 12.8. The van der Waals surface area contributed by atoms with Gasteiger partial charge in [-0.3, -0.25) is 4.79 Å². The van der Waals surface area contributed by atoms with E-state index in [9.17, 15) is 4.79 Å². The first kappa shape index (κ1) is 14.2. The van der Waals surface area contributed by atoms with Gasteiger partial charge in [0.25, 0.3) is 0 Å². The molecule has 0 bridgehead atoms. The molecule has 2 saturated carbocycles. The van der Waals surface area contributed by atoms with Gasteiger partial charge < -0.3 is 10.1 Å². The highest BCUT2D eigenvalue weighted by Gasteiger charge is 2.30. The molecule has 2 aliphatic carbocycles. The molecule has 1 atom stereocenters. The minimum Gasteiger partial charge on any atom is -0.465 e. The highest BCUT2D eigenvalue weighted by atomic mass is 32.2. The van der Waals surface area contributed by atoms with Crippen molar-refractivity contribution in [3.05, 3.63) is 0 Å². The molecule has 0 heterocycles. The number of hydrogen-bond donors (Lipinski definition) is 1. The normalized spacial score (nSPS) is 22.7. The summed E-state index contributed by atoms with van der Waals surface area (Å²) in [5.74, 6) is 0.813. The zero-order valence-electron chi connectivity index (χ0n) is 11.3. The van der Waals surface area contributed by atoms with E-state index in [2.05, 4.69) is 5.32 Å². The molecule has 0 saturated heterocycles. The van der Waals surface area contributed by atoms with Crippen molar-refractivity contribution in [2.75, 3.05) is 12.4 Å². The Morgan fingerprint density at radius 1 is 1.28 bits per heavy atom. The average Bonchev–Trinajstić information content (AvgIpc) is 3.20. The summed E-state index contributed by atoms with van der Waals surface area (Å²) in [6.45, 7) is 2.36. The topological polar surface area (TPSA) is 38.3 Å². The smallest absolute Gasteiger partial charge is 0.323 e. The van der Waals surface area contributed by atoms with E-state index in [0.29, 0.717) is 12.6 Å². The second-order valence-corrected chi connectivity index (χ2v) is 6.67. The Kier molecular flexibility index (Phi) is 5.83.